The molecule has 0 saturated heterocycles. The number of carbonyl (C=O) groups is 1. The first kappa shape index (κ1) is 14.8. The quantitative estimate of drug-likeness (QED) is 0.850. The van der Waals surface area contributed by atoms with Crippen molar-refractivity contribution in [2.24, 2.45) is 0 Å². The molecule has 0 aliphatic rings. The maximum Gasteiger partial charge on any atom is 0.265 e. The Hall–Kier alpha value is -2.56. The predicted molar refractivity (Wildman–Crippen MR) is 80.7 cm³/mol. The van der Waals surface area contributed by atoms with Gasteiger partial charge < -0.3 is 15.8 Å². The zero-order valence-electron chi connectivity index (χ0n) is 11.9. The van der Waals surface area contributed by atoms with E-state index in [-0.39, 0.29) is 5.91 Å². The second-order valence-electron chi connectivity index (χ2n) is 4.78. The van der Waals surface area contributed by atoms with Gasteiger partial charge in [-0.2, -0.15) is 0 Å². The molecular weight excluding hydrogens is 271 g/mol. The molecule has 0 aliphatic heterocycles. The highest BCUT2D eigenvalue weighted by Gasteiger charge is 2.16. The summed E-state index contributed by atoms with van der Waals surface area (Å²) in [5.41, 5.74) is 7.83. The maximum absolute atomic E-state index is 13.1. The van der Waals surface area contributed by atoms with Crippen LogP contribution in [0.1, 0.15) is 12.5 Å². The molecule has 2 aromatic carbocycles. The van der Waals surface area contributed by atoms with Gasteiger partial charge in [-0.3, -0.25) is 4.79 Å². The number of aryl methyl sites for hydroxylation is 1. The van der Waals surface area contributed by atoms with Gasteiger partial charge in [-0.25, -0.2) is 4.39 Å². The van der Waals surface area contributed by atoms with E-state index in [0.29, 0.717) is 17.1 Å². The number of nitrogens with one attached hydrogen (secondary N) is 1. The van der Waals surface area contributed by atoms with Crippen LogP contribution in [0.3, 0.4) is 0 Å². The van der Waals surface area contributed by atoms with Crippen LogP contribution in [0, 0.1) is 12.7 Å². The fraction of sp³-hybridized carbons (Fsp3) is 0.188. The number of ether oxygens (including phenoxy) is 1. The van der Waals surface area contributed by atoms with Crippen LogP contribution in [-0.2, 0) is 4.79 Å². The Morgan fingerprint density at radius 3 is 2.71 bits per heavy atom. The minimum atomic E-state index is -0.747. The fourth-order valence-electron chi connectivity index (χ4n) is 1.86. The molecule has 1 amide bonds. The largest absolute Gasteiger partial charge is 0.481 e. The number of nitrogens with two attached hydrogens (primary N) is 1. The van der Waals surface area contributed by atoms with E-state index in [1.54, 1.807) is 31.2 Å². The first-order valence-corrected chi connectivity index (χ1v) is 6.55. The van der Waals surface area contributed by atoms with Gasteiger partial charge in [-0.15, -0.1) is 0 Å². The van der Waals surface area contributed by atoms with Crippen LogP contribution in [0.5, 0.6) is 5.75 Å². The lowest BCUT2D eigenvalue weighted by atomic mass is 10.1. The molecule has 0 saturated carbocycles. The second-order valence-corrected chi connectivity index (χ2v) is 4.78. The molecule has 2 rings (SSSR count). The van der Waals surface area contributed by atoms with Gasteiger partial charge >= 0.3 is 0 Å². The lowest BCUT2D eigenvalue weighted by molar-refractivity contribution is -0.122. The van der Waals surface area contributed by atoms with E-state index in [4.69, 9.17) is 10.5 Å². The van der Waals surface area contributed by atoms with Crippen molar-refractivity contribution in [2.75, 3.05) is 11.1 Å². The van der Waals surface area contributed by atoms with Crippen molar-refractivity contribution in [3.05, 3.63) is 53.8 Å². The van der Waals surface area contributed by atoms with Crippen LogP contribution < -0.4 is 15.8 Å². The van der Waals surface area contributed by atoms with Crippen LogP contribution in [0.2, 0.25) is 0 Å². The van der Waals surface area contributed by atoms with Crippen molar-refractivity contribution >= 4 is 17.3 Å². The van der Waals surface area contributed by atoms with Gasteiger partial charge in [-0.05, 0) is 49.7 Å². The number of nitrogen functional groups attached to an aromatic ring is 1. The molecular formula is C16H17FN2O2. The van der Waals surface area contributed by atoms with Crippen LogP contribution in [-0.4, -0.2) is 12.0 Å². The van der Waals surface area contributed by atoms with E-state index in [1.165, 1.54) is 18.2 Å². The van der Waals surface area contributed by atoms with Crippen molar-refractivity contribution < 1.29 is 13.9 Å². The number of benzene rings is 2. The molecule has 5 heteroatoms. The van der Waals surface area contributed by atoms with Gasteiger partial charge in [0, 0.05) is 17.4 Å². The average molecular weight is 288 g/mol. The summed E-state index contributed by atoms with van der Waals surface area (Å²) in [6.07, 6.45) is -0.747. The lowest BCUT2D eigenvalue weighted by Crippen LogP contribution is -2.30. The van der Waals surface area contributed by atoms with Gasteiger partial charge in [0.05, 0.1) is 0 Å². The Kier molecular flexibility index (Phi) is 4.42. The van der Waals surface area contributed by atoms with Crippen molar-refractivity contribution in [1.82, 2.24) is 0 Å². The lowest BCUT2D eigenvalue weighted by Gasteiger charge is -2.16. The first-order valence-electron chi connectivity index (χ1n) is 6.55. The summed E-state index contributed by atoms with van der Waals surface area (Å²) in [4.78, 5) is 12.1. The van der Waals surface area contributed by atoms with Crippen LogP contribution >= 0.6 is 0 Å². The van der Waals surface area contributed by atoms with E-state index in [2.05, 4.69) is 5.32 Å². The van der Waals surface area contributed by atoms with E-state index in [9.17, 15) is 9.18 Å². The molecule has 3 N–H and O–H groups in total. The van der Waals surface area contributed by atoms with Gasteiger partial charge in [0.2, 0.25) is 0 Å². The maximum atomic E-state index is 13.1. The molecule has 0 heterocycles. The summed E-state index contributed by atoms with van der Waals surface area (Å²) in [6, 6.07) is 10.9. The topological polar surface area (TPSA) is 64.3 Å². The molecule has 0 fully saturated rings. The van der Waals surface area contributed by atoms with Gasteiger partial charge in [0.15, 0.2) is 6.10 Å². The molecule has 0 aromatic heterocycles. The molecule has 1 atom stereocenters. The third kappa shape index (κ3) is 3.95. The third-order valence-electron chi connectivity index (χ3n) is 2.99. The van der Waals surface area contributed by atoms with Gasteiger partial charge in [-0.1, -0.05) is 6.07 Å². The predicted octanol–water partition coefficient (Wildman–Crippen LogP) is 3.12. The summed E-state index contributed by atoms with van der Waals surface area (Å²) in [7, 11) is 0. The summed E-state index contributed by atoms with van der Waals surface area (Å²) < 4.78 is 18.5. The van der Waals surface area contributed by atoms with Crippen molar-refractivity contribution in [2.45, 2.75) is 20.0 Å². The first-order chi connectivity index (χ1) is 9.95. The van der Waals surface area contributed by atoms with Crippen LogP contribution in [0.25, 0.3) is 0 Å². The molecule has 21 heavy (non-hydrogen) atoms. The van der Waals surface area contributed by atoms with Crippen molar-refractivity contribution in [3.63, 3.8) is 0 Å². The molecule has 1 unspecified atom stereocenters. The summed E-state index contributed by atoms with van der Waals surface area (Å²) in [5.74, 6) is -0.409. The highest BCUT2D eigenvalue weighted by molar-refractivity contribution is 5.94. The monoisotopic (exact) mass is 288 g/mol. The summed E-state index contributed by atoms with van der Waals surface area (Å²) in [5, 5.41) is 2.76. The Balaban J connectivity index is 2.02. The number of hydrogen-bond acceptors (Lipinski definition) is 3. The Morgan fingerprint density at radius 1 is 1.29 bits per heavy atom. The molecule has 110 valence electrons. The smallest absolute Gasteiger partial charge is 0.265 e. The molecule has 0 radical (unpaired) electrons. The minimum Gasteiger partial charge on any atom is -0.481 e. The normalized spacial score (nSPS) is 11.8. The van der Waals surface area contributed by atoms with E-state index < -0.39 is 11.9 Å². The highest BCUT2D eigenvalue weighted by Crippen LogP contribution is 2.19. The van der Waals surface area contributed by atoms with Gasteiger partial charge in [0.1, 0.15) is 11.6 Å². The Morgan fingerprint density at radius 2 is 2.05 bits per heavy atom. The summed E-state index contributed by atoms with van der Waals surface area (Å²) >= 11 is 0. The third-order valence-corrected chi connectivity index (χ3v) is 2.99. The molecule has 0 aliphatic carbocycles. The number of halogens is 1. The standard InChI is InChI=1S/C16H17FN2O2/c1-10-8-13(18)6-7-15(10)19-16(20)11(2)21-14-5-3-4-12(17)9-14/h3-9,11H,18H2,1-2H3,(H,19,20). The average Bonchev–Trinajstić information content (AvgIpc) is 2.41. The van der Waals surface area contributed by atoms with E-state index in [1.807, 2.05) is 6.92 Å². The zero-order chi connectivity index (χ0) is 15.4. The van der Waals surface area contributed by atoms with Crippen LogP contribution in [0.4, 0.5) is 15.8 Å². The Bertz CT molecular complexity index is 658. The zero-order valence-corrected chi connectivity index (χ0v) is 11.9. The number of rotatable bonds is 4. The molecule has 0 bridgehead atoms. The van der Waals surface area contributed by atoms with Crippen molar-refractivity contribution in [1.29, 1.82) is 0 Å². The minimum absolute atomic E-state index is 0.312. The van der Waals surface area contributed by atoms with Crippen LogP contribution in [0.15, 0.2) is 42.5 Å². The van der Waals surface area contributed by atoms with E-state index >= 15 is 0 Å². The van der Waals surface area contributed by atoms with Gasteiger partial charge in [0.25, 0.3) is 5.91 Å². The Labute approximate surface area is 122 Å². The number of amides is 1. The number of anilines is 2. The number of carbonyl (C=O) groups excluding carboxylic acids is 1. The fourth-order valence-corrected chi connectivity index (χ4v) is 1.86. The summed E-state index contributed by atoms with van der Waals surface area (Å²) in [6.45, 7) is 3.46. The molecule has 2 aromatic rings. The number of hydrogen-bond donors (Lipinski definition) is 2. The van der Waals surface area contributed by atoms with E-state index in [0.717, 1.165) is 5.56 Å². The second kappa shape index (κ2) is 6.26. The highest BCUT2D eigenvalue weighted by atomic mass is 19.1. The molecule has 0 spiro atoms. The molecule has 4 nitrogen and oxygen atoms in total. The van der Waals surface area contributed by atoms with Crippen molar-refractivity contribution in [3.8, 4) is 5.75 Å². The SMILES string of the molecule is Cc1cc(N)ccc1NC(=O)C(C)Oc1cccc(F)c1.